The summed E-state index contributed by atoms with van der Waals surface area (Å²) in [5.74, 6) is 0. The SMILES string of the molecule is CC1=[C-]C(C)([Si](C)(c2cc(C)cc(C)c2)c2cc(C)cc(C)c2)C(C)=C1C.[Cl-].[Cl-].[Cl-].[Ti+4]. The van der Waals surface area contributed by atoms with Crippen LogP contribution in [0.15, 0.2) is 53.1 Å². The molecule has 0 aromatic heterocycles. The second-order valence-electron chi connectivity index (χ2n) is 9.00. The van der Waals surface area contributed by atoms with Gasteiger partial charge in [0.2, 0.25) is 0 Å². The van der Waals surface area contributed by atoms with Crippen molar-refractivity contribution < 1.29 is 58.9 Å². The van der Waals surface area contributed by atoms with Crippen LogP contribution in [0.4, 0.5) is 0 Å². The summed E-state index contributed by atoms with van der Waals surface area (Å²) in [7, 11) is -2.15. The molecule has 0 N–H and O–H groups in total. The van der Waals surface area contributed by atoms with Crippen LogP contribution in [0.25, 0.3) is 0 Å². The molecule has 1 aliphatic rings. The van der Waals surface area contributed by atoms with Crippen molar-refractivity contribution in [3.05, 3.63) is 81.4 Å². The van der Waals surface area contributed by atoms with Gasteiger partial charge in [0.05, 0.1) is 0 Å². The van der Waals surface area contributed by atoms with Gasteiger partial charge in [-0.15, -0.1) is 6.92 Å². The monoisotopic (exact) mass is 526 g/mol. The Balaban J connectivity index is 0. The number of hydrogen-bond acceptors (Lipinski definition) is 0. The minimum absolute atomic E-state index is 0. The number of allylic oxidation sites excluding steroid dienone is 4. The third-order valence-electron chi connectivity index (χ3n) is 6.91. The smallest absolute Gasteiger partial charge is 1.00 e. The maximum atomic E-state index is 3.95. The van der Waals surface area contributed by atoms with Crippen LogP contribution in [0.2, 0.25) is 11.6 Å². The molecule has 0 heterocycles. The minimum Gasteiger partial charge on any atom is -1.00 e. The van der Waals surface area contributed by atoms with Gasteiger partial charge in [-0.25, -0.2) is 5.57 Å². The van der Waals surface area contributed by atoms with Crippen LogP contribution < -0.4 is 47.6 Å². The molecule has 5 heteroatoms. The molecule has 1 unspecified atom stereocenters. The van der Waals surface area contributed by atoms with Crippen molar-refractivity contribution in [2.24, 2.45) is 0 Å². The van der Waals surface area contributed by atoms with E-state index in [9.17, 15) is 0 Å². The van der Waals surface area contributed by atoms with Crippen LogP contribution in [-0.2, 0) is 21.7 Å². The van der Waals surface area contributed by atoms with E-state index < -0.39 is 8.07 Å². The average Bonchev–Trinajstić information content (AvgIpc) is 2.76. The summed E-state index contributed by atoms with van der Waals surface area (Å²) in [6, 6.07) is 14.3. The number of rotatable bonds is 3. The summed E-state index contributed by atoms with van der Waals surface area (Å²) in [6.45, 7) is 20.7. The molecule has 0 nitrogen and oxygen atoms in total. The summed E-state index contributed by atoms with van der Waals surface area (Å²) in [5.41, 5.74) is 9.66. The predicted octanol–water partition coefficient (Wildman–Crippen LogP) is -3.02. The van der Waals surface area contributed by atoms with E-state index in [4.69, 9.17) is 0 Å². The maximum Gasteiger partial charge on any atom is 4.00 e. The standard InChI is InChI=1S/C26H33Si.3ClH.Ti/c1-17-10-18(2)13-24(12-17)27(9,25-14-19(3)11-20(4)15-25)26(8)16-21(5)22(6)23(26)7;;;;/h10-15H,1-9H3;3*1H;/q-1;;;;+4/p-3. The Kier molecular flexibility index (Phi) is 12.4. The van der Waals surface area contributed by atoms with Crippen molar-refractivity contribution in [2.45, 2.75) is 67.0 Å². The molecule has 166 valence electrons. The maximum absolute atomic E-state index is 3.95. The van der Waals surface area contributed by atoms with Crippen molar-refractivity contribution in [2.75, 3.05) is 0 Å². The largest absolute Gasteiger partial charge is 4.00 e. The molecule has 2 aromatic rings. The zero-order valence-electron chi connectivity index (χ0n) is 20.1. The van der Waals surface area contributed by atoms with Crippen molar-refractivity contribution in [3.8, 4) is 0 Å². The second kappa shape index (κ2) is 11.7. The number of aryl methyl sites for hydroxylation is 4. The molecule has 0 amide bonds. The van der Waals surface area contributed by atoms with Crippen LogP contribution >= 0.6 is 0 Å². The third kappa shape index (κ3) is 5.62. The second-order valence-corrected chi connectivity index (χ2v) is 13.4. The van der Waals surface area contributed by atoms with Gasteiger partial charge in [0.25, 0.3) is 0 Å². The van der Waals surface area contributed by atoms with E-state index in [0.29, 0.717) is 0 Å². The molecule has 0 saturated carbocycles. The van der Waals surface area contributed by atoms with Crippen molar-refractivity contribution in [3.63, 3.8) is 0 Å². The van der Waals surface area contributed by atoms with Gasteiger partial charge in [0.15, 0.2) is 0 Å². The Bertz CT molecular complexity index is 902. The molecule has 0 fully saturated rings. The molecule has 1 atom stereocenters. The van der Waals surface area contributed by atoms with Crippen LogP contribution in [0.5, 0.6) is 0 Å². The Morgan fingerprint density at radius 3 is 1.23 bits per heavy atom. The Morgan fingerprint density at radius 1 is 0.645 bits per heavy atom. The van der Waals surface area contributed by atoms with Crippen LogP contribution in [0.3, 0.4) is 0 Å². The summed E-state index contributed by atoms with van der Waals surface area (Å²) >= 11 is 0. The van der Waals surface area contributed by atoms with Crippen LogP contribution in [0, 0.1) is 33.8 Å². The Morgan fingerprint density at radius 2 is 0.968 bits per heavy atom. The number of hydrogen-bond donors (Lipinski definition) is 0. The van der Waals surface area contributed by atoms with E-state index in [1.165, 1.54) is 49.3 Å². The predicted molar refractivity (Wildman–Crippen MR) is 122 cm³/mol. The first-order valence-corrected chi connectivity index (χ1v) is 12.5. The van der Waals surface area contributed by atoms with Crippen molar-refractivity contribution in [1.29, 1.82) is 0 Å². The van der Waals surface area contributed by atoms with Gasteiger partial charge in [-0.1, -0.05) is 101 Å². The first kappa shape index (κ1) is 32.9. The van der Waals surface area contributed by atoms with Gasteiger partial charge >= 0.3 is 21.7 Å². The fourth-order valence-corrected chi connectivity index (χ4v) is 9.92. The van der Waals surface area contributed by atoms with Crippen molar-refractivity contribution in [1.82, 2.24) is 0 Å². The van der Waals surface area contributed by atoms with Gasteiger partial charge in [-0.05, 0) is 27.7 Å². The molecular weight excluding hydrogens is 495 g/mol. The van der Waals surface area contributed by atoms with E-state index in [0.717, 1.165) is 0 Å². The molecule has 0 saturated heterocycles. The summed E-state index contributed by atoms with van der Waals surface area (Å²) in [4.78, 5) is 0. The first-order valence-electron chi connectivity index (χ1n) is 9.96. The summed E-state index contributed by atoms with van der Waals surface area (Å²) in [5, 5.41) is 2.99. The van der Waals surface area contributed by atoms with E-state index in [1.807, 2.05) is 0 Å². The van der Waals surface area contributed by atoms with E-state index in [2.05, 4.69) is 104 Å². The minimum atomic E-state index is -2.15. The molecule has 1 aliphatic carbocycles. The van der Waals surface area contributed by atoms with Gasteiger partial charge in [0, 0.05) is 0 Å². The zero-order valence-corrected chi connectivity index (χ0v) is 24.9. The van der Waals surface area contributed by atoms with Crippen LogP contribution in [-0.4, -0.2) is 8.07 Å². The molecule has 31 heavy (non-hydrogen) atoms. The van der Waals surface area contributed by atoms with Gasteiger partial charge in [-0.2, -0.15) is 11.1 Å². The molecule has 0 spiro atoms. The average molecular weight is 528 g/mol. The zero-order chi connectivity index (χ0) is 20.1. The fourth-order valence-electron chi connectivity index (χ4n) is 4.99. The normalized spacial score (nSPS) is 17.6. The third-order valence-corrected chi connectivity index (χ3v) is 12.3. The van der Waals surface area contributed by atoms with Gasteiger partial charge in [-0.3, -0.25) is 6.08 Å². The Hall–Kier alpha value is -0.279. The molecule has 2 aromatic carbocycles. The Labute approximate surface area is 224 Å². The van der Waals surface area contributed by atoms with Gasteiger partial charge in [0.1, 0.15) is 8.07 Å². The van der Waals surface area contributed by atoms with E-state index in [1.54, 1.807) is 0 Å². The molecule has 0 aliphatic heterocycles. The first-order chi connectivity index (χ1) is 12.5. The van der Waals surface area contributed by atoms with Crippen molar-refractivity contribution >= 4 is 18.4 Å². The molecule has 0 radical (unpaired) electrons. The summed E-state index contributed by atoms with van der Waals surface area (Å²) in [6.07, 6.45) is 3.95. The topological polar surface area (TPSA) is 0 Å². The molecular formula is C26H33Cl3SiTi. The van der Waals surface area contributed by atoms with Crippen LogP contribution in [0.1, 0.15) is 49.9 Å². The molecule has 0 bridgehead atoms. The van der Waals surface area contributed by atoms with E-state index in [-0.39, 0.29) is 64.0 Å². The molecule has 3 rings (SSSR count). The van der Waals surface area contributed by atoms with Gasteiger partial charge < -0.3 is 37.2 Å². The quantitative estimate of drug-likeness (QED) is 0.295. The number of halogens is 3. The number of benzene rings is 2. The fraction of sp³-hybridized carbons (Fsp3) is 0.385. The summed E-state index contributed by atoms with van der Waals surface area (Å²) < 4.78 is 0. The van der Waals surface area contributed by atoms with E-state index >= 15 is 0 Å².